The lowest BCUT2D eigenvalue weighted by Gasteiger charge is -1.85. The molecule has 1 aliphatic rings. The van der Waals surface area contributed by atoms with E-state index in [2.05, 4.69) is 4.99 Å². The third-order valence-corrected chi connectivity index (χ3v) is 1.20. The second-order valence-electron chi connectivity index (χ2n) is 2.18. The zero-order valence-electron chi connectivity index (χ0n) is 5.87. The molecular formula is C8H9NO. The van der Waals surface area contributed by atoms with E-state index in [0.717, 1.165) is 12.0 Å². The Morgan fingerprint density at radius 1 is 1.80 bits per heavy atom. The quantitative estimate of drug-likeness (QED) is 0.527. The number of rotatable bonds is 2. The minimum atomic E-state index is 0.0767. The Hall–Kier alpha value is -1.18. The van der Waals surface area contributed by atoms with Gasteiger partial charge in [-0.25, -0.2) is 0 Å². The molecule has 0 spiro atoms. The predicted molar refractivity (Wildman–Crippen MR) is 41.0 cm³/mol. The van der Waals surface area contributed by atoms with Crippen LogP contribution in [0.3, 0.4) is 0 Å². The Bertz CT molecular complexity index is 223. The first kappa shape index (κ1) is 6.93. The normalized spacial score (nSPS) is 16.3. The molecule has 1 rings (SSSR count). The second kappa shape index (κ2) is 3.11. The van der Waals surface area contributed by atoms with Gasteiger partial charge >= 0.3 is 0 Å². The van der Waals surface area contributed by atoms with Crippen molar-refractivity contribution in [3.8, 4) is 0 Å². The van der Waals surface area contributed by atoms with E-state index >= 15 is 0 Å². The highest BCUT2D eigenvalue weighted by molar-refractivity contribution is 5.88. The van der Waals surface area contributed by atoms with Crippen molar-refractivity contribution < 1.29 is 4.79 Å². The molecule has 0 saturated carbocycles. The van der Waals surface area contributed by atoms with E-state index in [1.165, 1.54) is 6.92 Å². The van der Waals surface area contributed by atoms with Gasteiger partial charge in [0.1, 0.15) is 0 Å². The summed E-state index contributed by atoms with van der Waals surface area (Å²) in [6.07, 6.45) is 7.79. The Balaban J connectivity index is 2.47. The molecule has 1 aliphatic heterocycles. The summed E-state index contributed by atoms with van der Waals surface area (Å²) in [6.45, 7) is 1.53. The summed E-state index contributed by atoms with van der Waals surface area (Å²) in [5, 5.41) is 0. The van der Waals surface area contributed by atoms with Crippen LogP contribution in [0.1, 0.15) is 13.3 Å². The molecule has 52 valence electrons. The van der Waals surface area contributed by atoms with Crippen LogP contribution in [0.15, 0.2) is 28.9 Å². The van der Waals surface area contributed by atoms with Crippen molar-refractivity contribution in [3.05, 3.63) is 23.9 Å². The maximum Gasteiger partial charge on any atom is 0.152 e. The van der Waals surface area contributed by atoms with Crippen LogP contribution in [0.4, 0.5) is 0 Å². The van der Waals surface area contributed by atoms with Crippen LogP contribution in [0.25, 0.3) is 0 Å². The predicted octanol–water partition coefficient (Wildman–Crippen LogP) is 1.49. The molecule has 2 nitrogen and oxygen atoms in total. The van der Waals surface area contributed by atoms with Crippen molar-refractivity contribution >= 4 is 12.0 Å². The van der Waals surface area contributed by atoms with Gasteiger partial charge in [-0.15, -0.1) is 0 Å². The molecular weight excluding hydrogens is 126 g/mol. The molecule has 10 heavy (non-hydrogen) atoms. The highest BCUT2D eigenvalue weighted by Crippen LogP contribution is 2.06. The van der Waals surface area contributed by atoms with Crippen molar-refractivity contribution in [3.63, 3.8) is 0 Å². The lowest BCUT2D eigenvalue weighted by molar-refractivity contribution is -0.112. The van der Waals surface area contributed by atoms with Crippen LogP contribution in [0, 0.1) is 0 Å². The summed E-state index contributed by atoms with van der Waals surface area (Å²) in [5.74, 6) is 0.0767. The van der Waals surface area contributed by atoms with Gasteiger partial charge in [0.2, 0.25) is 0 Å². The number of aliphatic imine (C=N–C) groups is 1. The second-order valence-corrected chi connectivity index (χ2v) is 2.18. The SMILES string of the molecule is CC(=O)/C=C/C1=CN=CC1. The van der Waals surface area contributed by atoms with Gasteiger partial charge in [-0.1, -0.05) is 6.08 Å². The number of allylic oxidation sites excluding steroid dienone is 3. The zero-order valence-corrected chi connectivity index (χ0v) is 5.87. The molecule has 0 bridgehead atoms. The molecule has 0 N–H and O–H groups in total. The number of nitrogens with zero attached hydrogens (tertiary/aromatic N) is 1. The Morgan fingerprint density at radius 3 is 3.10 bits per heavy atom. The molecule has 0 aromatic rings. The monoisotopic (exact) mass is 135 g/mol. The summed E-state index contributed by atoms with van der Waals surface area (Å²) in [7, 11) is 0. The molecule has 0 saturated heterocycles. The summed E-state index contributed by atoms with van der Waals surface area (Å²) in [5.41, 5.74) is 1.09. The molecule has 0 atom stereocenters. The standard InChI is InChI=1S/C8H9NO/c1-7(10)2-3-8-4-5-9-6-8/h2-3,5-6H,4H2,1H3/b3-2+. The van der Waals surface area contributed by atoms with Gasteiger partial charge in [0.25, 0.3) is 0 Å². The molecule has 1 heterocycles. The molecule has 0 amide bonds. The number of ketones is 1. The van der Waals surface area contributed by atoms with Crippen molar-refractivity contribution in [2.45, 2.75) is 13.3 Å². The third-order valence-electron chi connectivity index (χ3n) is 1.20. The lowest BCUT2D eigenvalue weighted by atomic mass is 10.2. The maximum atomic E-state index is 10.4. The summed E-state index contributed by atoms with van der Waals surface area (Å²) in [4.78, 5) is 14.3. The first-order chi connectivity index (χ1) is 4.79. The fraction of sp³-hybridized carbons (Fsp3) is 0.250. The van der Waals surface area contributed by atoms with Crippen LogP contribution in [-0.2, 0) is 4.79 Å². The van der Waals surface area contributed by atoms with E-state index in [9.17, 15) is 4.79 Å². The number of hydrogen-bond acceptors (Lipinski definition) is 2. The van der Waals surface area contributed by atoms with E-state index in [0.29, 0.717) is 0 Å². The Morgan fingerprint density at radius 2 is 2.60 bits per heavy atom. The van der Waals surface area contributed by atoms with Crippen LogP contribution in [-0.4, -0.2) is 12.0 Å². The molecule has 0 aromatic carbocycles. The van der Waals surface area contributed by atoms with Crippen LogP contribution < -0.4 is 0 Å². The van der Waals surface area contributed by atoms with Gasteiger partial charge in [0.15, 0.2) is 5.78 Å². The van der Waals surface area contributed by atoms with Crippen LogP contribution >= 0.6 is 0 Å². The zero-order chi connectivity index (χ0) is 7.40. The van der Waals surface area contributed by atoms with Gasteiger partial charge in [-0.05, 0) is 18.6 Å². The lowest BCUT2D eigenvalue weighted by Crippen LogP contribution is -1.81. The molecule has 0 radical (unpaired) electrons. The minimum Gasteiger partial charge on any atom is -0.295 e. The molecule has 2 heteroatoms. The van der Waals surface area contributed by atoms with E-state index in [1.54, 1.807) is 18.4 Å². The van der Waals surface area contributed by atoms with Gasteiger partial charge in [0, 0.05) is 18.8 Å². The Kier molecular flexibility index (Phi) is 2.15. The number of carbonyl (C=O) groups excluding carboxylic acids is 1. The molecule has 0 aliphatic carbocycles. The maximum absolute atomic E-state index is 10.4. The summed E-state index contributed by atoms with van der Waals surface area (Å²) >= 11 is 0. The van der Waals surface area contributed by atoms with Crippen molar-refractivity contribution in [2.24, 2.45) is 4.99 Å². The van der Waals surface area contributed by atoms with Gasteiger partial charge < -0.3 is 0 Å². The molecule has 0 aromatic heterocycles. The molecule has 0 fully saturated rings. The van der Waals surface area contributed by atoms with Crippen molar-refractivity contribution in [2.75, 3.05) is 0 Å². The largest absolute Gasteiger partial charge is 0.295 e. The van der Waals surface area contributed by atoms with E-state index in [-0.39, 0.29) is 5.78 Å². The van der Waals surface area contributed by atoms with Gasteiger partial charge in [-0.2, -0.15) is 0 Å². The fourth-order valence-corrected chi connectivity index (χ4v) is 0.695. The van der Waals surface area contributed by atoms with Crippen molar-refractivity contribution in [1.29, 1.82) is 0 Å². The van der Waals surface area contributed by atoms with Gasteiger partial charge in [-0.3, -0.25) is 9.79 Å². The highest BCUT2D eigenvalue weighted by atomic mass is 16.1. The first-order valence-corrected chi connectivity index (χ1v) is 3.18. The number of hydrogen-bond donors (Lipinski definition) is 0. The van der Waals surface area contributed by atoms with Crippen LogP contribution in [0.5, 0.6) is 0 Å². The van der Waals surface area contributed by atoms with E-state index < -0.39 is 0 Å². The fourth-order valence-electron chi connectivity index (χ4n) is 0.695. The van der Waals surface area contributed by atoms with E-state index in [1.807, 2.05) is 6.21 Å². The third kappa shape index (κ3) is 1.97. The number of carbonyl (C=O) groups is 1. The molecule has 0 unspecified atom stereocenters. The van der Waals surface area contributed by atoms with Crippen LogP contribution in [0.2, 0.25) is 0 Å². The average molecular weight is 135 g/mol. The topological polar surface area (TPSA) is 29.4 Å². The smallest absolute Gasteiger partial charge is 0.152 e. The first-order valence-electron chi connectivity index (χ1n) is 3.18. The minimum absolute atomic E-state index is 0.0767. The average Bonchev–Trinajstić information content (AvgIpc) is 2.34. The van der Waals surface area contributed by atoms with Crippen molar-refractivity contribution in [1.82, 2.24) is 0 Å². The summed E-state index contributed by atoms with van der Waals surface area (Å²) < 4.78 is 0. The summed E-state index contributed by atoms with van der Waals surface area (Å²) in [6, 6.07) is 0. The van der Waals surface area contributed by atoms with E-state index in [4.69, 9.17) is 0 Å². The Labute approximate surface area is 60.0 Å². The highest BCUT2D eigenvalue weighted by Gasteiger charge is 1.94. The van der Waals surface area contributed by atoms with Gasteiger partial charge in [0.05, 0.1) is 0 Å².